The van der Waals surface area contributed by atoms with Crippen LogP contribution in [0.25, 0.3) is 0 Å². The zero-order valence-electron chi connectivity index (χ0n) is 17.0. The van der Waals surface area contributed by atoms with Crippen molar-refractivity contribution in [3.8, 4) is 0 Å². The molecule has 0 fully saturated rings. The van der Waals surface area contributed by atoms with E-state index in [1.807, 2.05) is 31.2 Å². The van der Waals surface area contributed by atoms with E-state index in [4.69, 9.17) is 0 Å². The van der Waals surface area contributed by atoms with Gasteiger partial charge >= 0.3 is 0 Å². The summed E-state index contributed by atoms with van der Waals surface area (Å²) in [5.74, 6) is -0.206. The minimum absolute atomic E-state index is 0.0144. The number of carbonyl (C=O) groups excluding carboxylic acids is 2. The Morgan fingerprint density at radius 2 is 1.61 bits per heavy atom. The van der Waals surface area contributed by atoms with Crippen LogP contribution in [0.5, 0.6) is 0 Å². The van der Waals surface area contributed by atoms with Crippen molar-refractivity contribution in [1.29, 1.82) is 0 Å². The molecule has 0 unspecified atom stereocenters. The molecule has 3 aromatic carbocycles. The Balaban J connectivity index is 1.52. The zero-order valence-corrected chi connectivity index (χ0v) is 17.9. The van der Waals surface area contributed by atoms with Crippen LogP contribution in [-0.2, 0) is 4.79 Å². The van der Waals surface area contributed by atoms with Gasteiger partial charge in [0.1, 0.15) is 0 Å². The number of hydrogen-bond donors (Lipinski definition) is 2. The summed E-state index contributed by atoms with van der Waals surface area (Å²) in [5.41, 5.74) is 3.50. The molecular formula is C23H21N3O4S. The molecule has 0 aliphatic rings. The summed E-state index contributed by atoms with van der Waals surface area (Å²) in [4.78, 5) is 35.7. The number of nitro benzene ring substituents is 1. The summed E-state index contributed by atoms with van der Waals surface area (Å²) < 4.78 is 0. The van der Waals surface area contributed by atoms with Gasteiger partial charge in [0.25, 0.3) is 11.6 Å². The molecule has 2 N–H and O–H groups in total. The highest BCUT2D eigenvalue weighted by atomic mass is 32.2. The fraction of sp³-hybridized carbons (Fsp3) is 0.130. The summed E-state index contributed by atoms with van der Waals surface area (Å²) in [7, 11) is 0. The van der Waals surface area contributed by atoms with Crippen LogP contribution < -0.4 is 10.6 Å². The minimum Gasteiger partial charge on any atom is -0.325 e. The van der Waals surface area contributed by atoms with Crippen LogP contribution in [0.2, 0.25) is 0 Å². The highest BCUT2D eigenvalue weighted by molar-refractivity contribution is 8.00. The van der Waals surface area contributed by atoms with Crippen molar-refractivity contribution in [1.82, 2.24) is 0 Å². The van der Waals surface area contributed by atoms with Crippen LogP contribution in [0.1, 0.15) is 21.5 Å². The van der Waals surface area contributed by atoms with Gasteiger partial charge in [-0.15, -0.1) is 11.8 Å². The van der Waals surface area contributed by atoms with Gasteiger partial charge in [-0.25, -0.2) is 0 Å². The molecule has 0 aliphatic carbocycles. The molecule has 0 radical (unpaired) electrons. The van der Waals surface area contributed by atoms with Gasteiger partial charge in [-0.2, -0.15) is 0 Å². The maximum absolute atomic E-state index is 12.3. The minimum atomic E-state index is -0.471. The van der Waals surface area contributed by atoms with Crippen LogP contribution in [0, 0.1) is 24.0 Å². The zero-order chi connectivity index (χ0) is 22.4. The van der Waals surface area contributed by atoms with Crippen molar-refractivity contribution >= 4 is 40.6 Å². The van der Waals surface area contributed by atoms with Crippen molar-refractivity contribution in [3.05, 3.63) is 93.5 Å². The summed E-state index contributed by atoms with van der Waals surface area (Å²) in [6.45, 7) is 3.67. The van der Waals surface area contributed by atoms with Crippen molar-refractivity contribution < 1.29 is 14.5 Å². The lowest BCUT2D eigenvalue weighted by Gasteiger charge is -2.09. The molecule has 0 aromatic heterocycles. The number of nitrogens with zero attached hydrogens (tertiary/aromatic N) is 1. The Bertz CT molecular complexity index is 1110. The monoisotopic (exact) mass is 435 g/mol. The number of anilines is 2. The largest absolute Gasteiger partial charge is 0.325 e. The lowest BCUT2D eigenvalue weighted by Crippen LogP contribution is -2.15. The van der Waals surface area contributed by atoms with E-state index in [0.29, 0.717) is 22.5 Å². The number of hydrogen-bond acceptors (Lipinski definition) is 5. The van der Waals surface area contributed by atoms with E-state index in [1.54, 1.807) is 31.2 Å². The molecule has 8 heteroatoms. The van der Waals surface area contributed by atoms with Crippen LogP contribution >= 0.6 is 11.8 Å². The number of aryl methyl sites for hydroxylation is 2. The molecule has 0 saturated heterocycles. The van der Waals surface area contributed by atoms with Gasteiger partial charge in [0.2, 0.25) is 5.91 Å². The Hall–Kier alpha value is -3.65. The number of rotatable bonds is 7. The molecule has 7 nitrogen and oxygen atoms in total. The second kappa shape index (κ2) is 9.90. The van der Waals surface area contributed by atoms with Gasteiger partial charge in [-0.1, -0.05) is 17.7 Å². The van der Waals surface area contributed by atoms with Crippen LogP contribution in [-0.4, -0.2) is 22.5 Å². The first kappa shape index (κ1) is 22.0. The number of non-ortho nitro benzene ring substituents is 1. The first-order valence-corrected chi connectivity index (χ1v) is 10.5. The summed E-state index contributed by atoms with van der Waals surface area (Å²) in [6, 6.07) is 18.9. The Kier molecular flexibility index (Phi) is 7.04. The molecule has 0 bridgehead atoms. The van der Waals surface area contributed by atoms with Crippen molar-refractivity contribution in [2.75, 3.05) is 16.4 Å². The lowest BCUT2D eigenvalue weighted by atomic mass is 10.1. The standard InChI is InChI=1S/C23H21N3O4S/c1-15-3-5-17(6-4-15)23(28)24-18-7-10-20(11-8-18)31-14-22(27)25-21-12-9-19(26(29)30)13-16(21)2/h3-13H,14H2,1-2H3,(H,24,28)(H,25,27). The molecule has 0 heterocycles. The summed E-state index contributed by atoms with van der Waals surface area (Å²) >= 11 is 1.35. The predicted octanol–water partition coefficient (Wildman–Crippen LogP) is 5.19. The molecule has 3 aromatic rings. The van der Waals surface area contributed by atoms with Gasteiger partial charge in [-0.3, -0.25) is 19.7 Å². The fourth-order valence-corrected chi connectivity index (χ4v) is 3.48. The first-order chi connectivity index (χ1) is 14.8. The number of carbonyl (C=O) groups is 2. The third-order valence-electron chi connectivity index (χ3n) is 4.49. The number of benzene rings is 3. The van der Waals surface area contributed by atoms with E-state index in [-0.39, 0.29) is 23.3 Å². The summed E-state index contributed by atoms with van der Waals surface area (Å²) in [6.07, 6.45) is 0. The van der Waals surface area contributed by atoms with Gasteiger partial charge in [-0.05, 0) is 61.9 Å². The van der Waals surface area contributed by atoms with E-state index in [2.05, 4.69) is 10.6 Å². The van der Waals surface area contributed by atoms with Gasteiger partial charge in [0, 0.05) is 34.0 Å². The third-order valence-corrected chi connectivity index (χ3v) is 5.50. The highest BCUT2D eigenvalue weighted by Crippen LogP contribution is 2.23. The van der Waals surface area contributed by atoms with Gasteiger partial charge in [0.05, 0.1) is 10.7 Å². The first-order valence-electron chi connectivity index (χ1n) is 9.47. The number of nitrogens with one attached hydrogen (secondary N) is 2. The van der Waals surface area contributed by atoms with Gasteiger partial charge in [0.15, 0.2) is 0 Å². The number of amides is 2. The Labute approximate surface area is 184 Å². The van der Waals surface area contributed by atoms with E-state index < -0.39 is 4.92 Å². The van der Waals surface area contributed by atoms with Crippen molar-refractivity contribution in [2.24, 2.45) is 0 Å². The third kappa shape index (κ3) is 6.16. The molecule has 0 saturated carbocycles. The Morgan fingerprint density at radius 1 is 0.935 bits per heavy atom. The van der Waals surface area contributed by atoms with Gasteiger partial charge < -0.3 is 10.6 Å². The van der Waals surface area contributed by atoms with Crippen LogP contribution in [0.15, 0.2) is 71.6 Å². The number of nitro groups is 1. The van der Waals surface area contributed by atoms with Crippen molar-refractivity contribution in [3.63, 3.8) is 0 Å². The second-order valence-electron chi connectivity index (χ2n) is 6.94. The highest BCUT2D eigenvalue weighted by Gasteiger charge is 2.11. The molecule has 158 valence electrons. The molecule has 31 heavy (non-hydrogen) atoms. The topological polar surface area (TPSA) is 101 Å². The molecule has 0 spiro atoms. The second-order valence-corrected chi connectivity index (χ2v) is 7.99. The smallest absolute Gasteiger partial charge is 0.269 e. The predicted molar refractivity (Wildman–Crippen MR) is 123 cm³/mol. The Morgan fingerprint density at radius 3 is 2.23 bits per heavy atom. The molecule has 0 atom stereocenters. The van der Waals surface area contributed by atoms with E-state index in [0.717, 1.165) is 10.5 Å². The van der Waals surface area contributed by atoms with E-state index in [9.17, 15) is 19.7 Å². The molecule has 3 rings (SSSR count). The molecule has 0 aliphatic heterocycles. The fourth-order valence-electron chi connectivity index (χ4n) is 2.78. The quantitative estimate of drug-likeness (QED) is 0.302. The van der Waals surface area contributed by atoms with E-state index in [1.165, 1.54) is 30.0 Å². The average Bonchev–Trinajstić information content (AvgIpc) is 2.75. The maximum atomic E-state index is 12.3. The van der Waals surface area contributed by atoms with Crippen molar-refractivity contribution in [2.45, 2.75) is 18.7 Å². The van der Waals surface area contributed by atoms with E-state index >= 15 is 0 Å². The average molecular weight is 436 g/mol. The van der Waals surface area contributed by atoms with Crippen LogP contribution in [0.3, 0.4) is 0 Å². The molecule has 2 amide bonds. The number of thioether (sulfide) groups is 1. The molecular weight excluding hydrogens is 414 g/mol. The maximum Gasteiger partial charge on any atom is 0.269 e. The SMILES string of the molecule is Cc1ccc(C(=O)Nc2ccc(SCC(=O)Nc3ccc([N+](=O)[O-])cc3C)cc2)cc1. The lowest BCUT2D eigenvalue weighted by molar-refractivity contribution is -0.384. The van der Waals surface area contributed by atoms with Crippen LogP contribution in [0.4, 0.5) is 17.1 Å². The normalized spacial score (nSPS) is 10.4. The summed E-state index contributed by atoms with van der Waals surface area (Å²) in [5, 5.41) is 16.4.